The maximum atomic E-state index is 13.7. The topological polar surface area (TPSA) is 130 Å². The van der Waals surface area contributed by atoms with Gasteiger partial charge in [-0.25, -0.2) is 8.78 Å². The van der Waals surface area contributed by atoms with Crippen LogP contribution in [0.15, 0.2) is 46.9 Å². The molecule has 0 aromatic heterocycles. The van der Waals surface area contributed by atoms with Gasteiger partial charge < -0.3 is 27.2 Å². The SMILES string of the molecule is NC(CC(=O)NCCCCNC(=O)C(O)C(N)Cc1ccc(Br)cc1)Cc1cc(F)ccc1F. The second kappa shape index (κ2) is 14.1. The zero-order valence-electron chi connectivity index (χ0n) is 18.8. The lowest BCUT2D eigenvalue weighted by molar-refractivity contribution is -0.130. The molecule has 2 aromatic rings. The minimum atomic E-state index is -1.33. The van der Waals surface area contributed by atoms with Crippen molar-refractivity contribution in [1.29, 1.82) is 0 Å². The van der Waals surface area contributed by atoms with Gasteiger partial charge in [0.05, 0.1) is 0 Å². The van der Waals surface area contributed by atoms with Crippen LogP contribution >= 0.6 is 15.9 Å². The number of rotatable bonds is 13. The summed E-state index contributed by atoms with van der Waals surface area (Å²) >= 11 is 3.35. The van der Waals surface area contributed by atoms with Gasteiger partial charge in [-0.3, -0.25) is 9.59 Å². The minimum Gasteiger partial charge on any atom is -0.382 e. The average Bonchev–Trinajstić information content (AvgIpc) is 2.79. The highest BCUT2D eigenvalue weighted by atomic mass is 79.9. The van der Waals surface area contributed by atoms with Gasteiger partial charge in [-0.2, -0.15) is 0 Å². The lowest BCUT2D eigenvalue weighted by Gasteiger charge is -2.18. The normalized spacial score (nSPS) is 13.7. The molecule has 2 amide bonds. The number of nitrogens with one attached hydrogen (secondary N) is 2. The van der Waals surface area contributed by atoms with E-state index in [0.717, 1.165) is 28.2 Å². The highest BCUT2D eigenvalue weighted by Crippen LogP contribution is 2.13. The molecule has 0 spiro atoms. The van der Waals surface area contributed by atoms with E-state index < -0.39 is 35.7 Å². The Balaban J connectivity index is 1.58. The van der Waals surface area contributed by atoms with Crippen molar-refractivity contribution >= 4 is 27.7 Å². The Bertz CT molecular complexity index is 946. The maximum absolute atomic E-state index is 13.7. The molecule has 34 heavy (non-hydrogen) atoms. The zero-order valence-corrected chi connectivity index (χ0v) is 20.4. The largest absolute Gasteiger partial charge is 0.382 e. The fraction of sp³-hybridized carbons (Fsp3) is 0.417. The molecule has 10 heteroatoms. The molecule has 2 rings (SSSR count). The Morgan fingerprint density at radius 3 is 2.29 bits per heavy atom. The smallest absolute Gasteiger partial charge is 0.250 e. The van der Waals surface area contributed by atoms with Gasteiger partial charge in [-0.05, 0) is 67.1 Å². The van der Waals surface area contributed by atoms with Crippen LogP contribution in [0.3, 0.4) is 0 Å². The standard InChI is InChI=1S/C24H31BrF2N4O3/c25-17-5-3-15(4-6-17)11-21(29)23(33)24(34)31-10-2-1-9-30-22(32)14-19(28)13-16-12-18(26)7-8-20(16)27/h3-8,12,19,21,23,33H,1-2,9-11,13-14,28-29H2,(H,30,32)(H,31,34). The van der Waals surface area contributed by atoms with E-state index in [4.69, 9.17) is 11.5 Å². The van der Waals surface area contributed by atoms with Crippen molar-refractivity contribution in [3.8, 4) is 0 Å². The monoisotopic (exact) mass is 540 g/mol. The number of carbonyl (C=O) groups is 2. The number of hydrogen-bond donors (Lipinski definition) is 5. The number of amides is 2. The van der Waals surface area contributed by atoms with Crippen LogP contribution in [0.25, 0.3) is 0 Å². The molecule has 186 valence electrons. The predicted octanol–water partition coefficient (Wildman–Crippen LogP) is 1.93. The summed E-state index contributed by atoms with van der Waals surface area (Å²) in [5, 5.41) is 15.5. The van der Waals surface area contributed by atoms with Crippen molar-refractivity contribution in [1.82, 2.24) is 10.6 Å². The van der Waals surface area contributed by atoms with Crippen LogP contribution in [0.4, 0.5) is 8.78 Å². The van der Waals surface area contributed by atoms with E-state index in [1.54, 1.807) is 0 Å². The molecule has 0 aliphatic rings. The van der Waals surface area contributed by atoms with Crippen LogP contribution < -0.4 is 22.1 Å². The van der Waals surface area contributed by atoms with E-state index in [1.165, 1.54) is 0 Å². The highest BCUT2D eigenvalue weighted by molar-refractivity contribution is 9.10. The van der Waals surface area contributed by atoms with Crippen molar-refractivity contribution in [3.63, 3.8) is 0 Å². The summed E-state index contributed by atoms with van der Waals surface area (Å²) in [7, 11) is 0. The number of nitrogens with two attached hydrogens (primary N) is 2. The fourth-order valence-corrected chi connectivity index (χ4v) is 3.62. The summed E-state index contributed by atoms with van der Waals surface area (Å²) in [5.74, 6) is -1.94. The molecule has 0 radical (unpaired) electrons. The number of benzene rings is 2. The molecule has 0 saturated carbocycles. The van der Waals surface area contributed by atoms with E-state index in [0.29, 0.717) is 32.4 Å². The van der Waals surface area contributed by atoms with Gasteiger partial charge in [0, 0.05) is 36.1 Å². The van der Waals surface area contributed by atoms with Crippen molar-refractivity contribution < 1.29 is 23.5 Å². The Morgan fingerprint density at radius 1 is 0.971 bits per heavy atom. The van der Waals surface area contributed by atoms with E-state index in [1.807, 2.05) is 24.3 Å². The molecular weight excluding hydrogens is 510 g/mol. The fourth-order valence-electron chi connectivity index (χ4n) is 3.36. The molecule has 0 fully saturated rings. The van der Waals surface area contributed by atoms with Gasteiger partial charge in [-0.15, -0.1) is 0 Å². The van der Waals surface area contributed by atoms with E-state index in [9.17, 15) is 23.5 Å². The van der Waals surface area contributed by atoms with Crippen molar-refractivity contribution in [2.75, 3.05) is 13.1 Å². The first-order valence-corrected chi connectivity index (χ1v) is 11.9. The van der Waals surface area contributed by atoms with Gasteiger partial charge >= 0.3 is 0 Å². The number of hydrogen-bond acceptors (Lipinski definition) is 5. The zero-order chi connectivity index (χ0) is 25.1. The number of halogens is 3. The summed E-state index contributed by atoms with van der Waals surface area (Å²) in [6.07, 6.45) is 0.252. The minimum absolute atomic E-state index is 0.0187. The summed E-state index contributed by atoms with van der Waals surface area (Å²) < 4.78 is 27.8. The first-order valence-electron chi connectivity index (χ1n) is 11.1. The Labute approximate surface area is 206 Å². The molecule has 0 bridgehead atoms. The third kappa shape index (κ3) is 9.84. The van der Waals surface area contributed by atoms with Crippen molar-refractivity contribution in [2.24, 2.45) is 11.5 Å². The number of aliphatic hydroxyl groups excluding tert-OH is 1. The maximum Gasteiger partial charge on any atom is 0.250 e. The second-order valence-electron chi connectivity index (χ2n) is 8.19. The predicted molar refractivity (Wildman–Crippen MR) is 130 cm³/mol. The van der Waals surface area contributed by atoms with E-state index in [-0.39, 0.29) is 24.3 Å². The van der Waals surface area contributed by atoms with Crippen LogP contribution in [0.5, 0.6) is 0 Å². The lowest BCUT2D eigenvalue weighted by atomic mass is 10.0. The summed E-state index contributed by atoms with van der Waals surface area (Å²) in [5.41, 5.74) is 12.9. The first kappa shape index (κ1) is 27.8. The third-order valence-corrected chi connectivity index (χ3v) is 5.75. The van der Waals surface area contributed by atoms with Crippen LogP contribution in [0, 0.1) is 11.6 Å². The average molecular weight is 541 g/mol. The molecule has 2 aromatic carbocycles. The summed E-state index contributed by atoms with van der Waals surface area (Å²) in [6, 6.07) is 9.24. The second-order valence-corrected chi connectivity index (χ2v) is 9.11. The number of unbranched alkanes of at least 4 members (excludes halogenated alkanes) is 1. The Morgan fingerprint density at radius 2 is 1.62 bits per heavy atom. The molecule has 3 atom stereocenters. The Hall–Kier alpha value is -2.40. The van der Waals surface area contributed by atoms with Gasteiger partial charge in [0.2, 0.25) is 11.8 Å². The first-order chi connectivity index (χ1) is 16.2. The van der Waals surface area contributed by atoms with Crippen molar-refractivity contribution in [2.45, 2.75) is 50.3 Å². The molecule has 0 saturated heterocycles. The van der Waals surface area contributed by atoms with Crippen molar-refractivity contribution in [3.05, 3.63) is 69.7 Å². The quantitative estimate of drug-likeness (QED) is 0.248. The molecule has 3 unspecified atom stereocenters. The molecule has 7 N–H and O–H groups in total. The molecule has 0 aliphatic heterocycles. The number of aliphatic hydroxyl groups is 1. The van der Waals surface area contributed by atoms with Crippen LogP contribution in [0.2, 0.25) is 0 Å². The summed E-state index contributed by atoms with van der Waals surface area (Å²) in [4.78, 5) is 24.1. The van der Waals surface area contributed by atoms with Gasteiger partial charge in [-0.1, -0.05) is 28.1 Å². The van der Waals surface area contributed by atoms with Gasteiger partial charge in [0.15, 0.2) is 0 Å². The number of carbonyl (C=O) groups excluding carboxylic acids is 2. The van der Waals surface area contributed by atoms with Gasteiger partial charge in [0.25, 0.3) is 0 Å². The Kier molecular flexibility index (Phi) is 11.5. The molecular formula is C24H31BrF2N4O3. The third-order valence-electron chi connectivity index (χ3n) is 5.22. The van der Waals surface area contributed by atoms with E-state index in [2.05, 4.69) is 26.6 Å². The summed E-state index contributed by atoms with van der Waals surface area (Å²) in [6.45, 7) is 0.705. The van der Waals surface area contributed by atoms with Gasteiger partial charge in [0.1, 0.15) is 17.7 Å². The molecule has 7 nitrogen and oxygen atoms in total. The highest BCUT2D eigenvalue weighted by Gasteiger charge is 2.22. The van der Waals surface area contributed by atoms with Crippen LogP contribution in [0.1, 0.15) is 30.4 Å². The molecule has 0 aliphatic carbocycles. The molecule has 0 heterocycles. The lowest BCUT2D eigenvalue weighted by Crippen LogP contribution is -2.47. The van der Waals surface area contributed by atoms with Crippen LogP contribution in [-0.2, 0) is 22.4 Å². The van der Waals surface area contributed by atoms with E-state index >= 15 is 0 Å². The van der Waals surface area contributed by atoms with Crippen LogP contribution in [-0.4, -0.2) is 48.2 Å².